The van der Waals surface area contributed by atoms with Gasteiger partial charge in [-0.1, -0.05) is 42.5 Å². The minimum Gasteiger partial charge on any atom is -0.350 e. The van der Waals surface area contributed by atoms with Crippen LogP contribution in [0.1, 0.15) is 40.1 Å². The van der Waals surface area contributed by atoms with Crippen molar-refractivity contribution in [1.82, 2.24) is 19.8 Å². The molecule has 6 heteroatoms. The van der Waals surface area contributed by atoms with Crippen LogP contribution in [0, 0.1) is 0 Å². The number of para-hydroxylation sites is 1. The number of benzene rings is 2. The van der Waals surface area contributed by atoms with Crippen LogP contribution in [-0.2, 0) is 18.4 Å². The van der Waals surface area contributed by atoms with Crippen molar-refractivity contribution < 1.29 is 9.59 Å². The molecule has 2 atom stereocenters. The van der Waals surface area contributed by atoms with E-state index in [1.54, 1.807) is 18.0 Å². The number of hydrogen-bond acceptors (Lipinski definition) is 3. The van der Waals surface area contributed by atoms with Crippen molar-refractivity contribution >= 4 is 22.7 Å². The topological polar surface area (TPSA) is 67.2 Å². The lowest BCUT2D eigenvalue weighted by atomic mass is 9.97. The van der Waals surface area contributed by atoms with Gasteiger partial charge in [0, 0.05) is 41.5 Å². The van der Waals surface area contributed by atoms with Gasteiger partial charge < -0.3 is 14.8 Å². The third-order valence-corrected chi connectivity index (χ3v) is 6.19. The Labute approximate surface area is 186 Å². The van der Waals surface area contributed by atoms with Gasteiger partial charge in [-0.05, 0) is 36.8 Å². The Hall–Kier alpha value is -3.93. The molecule has 160 valence electrons. The van der Waals surface area contributed by atoms with E-state index in [0.29, 0.717) is 12.1 Å². The van der Waals surface area contributed by atoms with Crippen LogP contribution in [0.2, 0.25) is 0 Å². The fourth-order valence-corrected chi connectivity index (χ4v) is 4.60. The Morgan fingerprint density at radius 3 is 2.59 bits per heavy atom. The van der Waals surface area contributed by atoms with Gasteiger partial charge in [0.05, 0.1) is 18.3 Å². The van der Waals surface area contributed by atoms with Gasteiger partial charge in [-0.25, -0.2) is 0 Å². The molecule has 1 N–H and O–H groups in total. The van der Waals surface area contributed by atoms with E-state index in [9.17, 15) is 9.59 Å². The van der Waals surface area contributed by atoms with Crippen LogP contribution >= 0.6 is 0 Å². The maximum Gasteiger partial charge on any atom is 0.255 e. The normalized spacial score (nSPS) is 16.2. The molecule has 0 fully saturated rings. The summed E-state index contributed by atoms with van der Waals surface area (Å²) in [6.45, 7) is 2.10. The van der Waals surface area contributed by atoms with Gasteiger partial charge in [-0.15, -0.1) is 0 Å². The van der Waals surface area contributed by atoms with E-state index in [1.807, 2.05) is 61.6 Å². The molecular formula is C26H24N4O2. The zero-order valence-corrected chi connectivity index (χ0v) is 18.0. The van der Waals surface area contributed by atoms with Crippen LogP contribution in [0.4, 0.5) is 0 Å². The van der Waals surface area contributed by atoms with Crippen LogP contribution < -0.4 is 5.32 Å². The van der Waals surface area contributed by atoms with E-state index in [-0.39, 0.29) is 17.9 Å². The molecule has 1 aliphatic heterocycles. The number of rotatable bonds is 5. The maximum absolute atomic E-state index is 13.5. The Bertz CT molecular complexity index is 1310. The molecule has 2 aromatic heterocycles. The second-order valence-electron chi connectivity index (χ2n) is 8.13. The number of aromatic nitrogens is 2. The summed E-state index contributed by atoms with van der Waals surface area (Å²) in [7, 11) is 2.00. The minimum atomic E-state index is -0.650. The summed E-state index contributed by atoms with van der Waals surface area (Å²) in [5, 5.41) is 4.02. The molecular weight excluding hydrogens is 400 g/mol. The third-order valence-electron chi connectivity index (χ3n) is 6.19. The average molecular weight is 425 g/mol. The first kappa shape index (κ1) is 20.0. The fraction of sp³-hybridized carbons (Fsp3) is 0.192. The monoisotopic (exact) mass is 424 g/mol. The summed E-state index contributed by atoms with van der Waals surface area (Å²) in [5.41, 5.74) is 4.46. The number of pyridine rings is 1. The molecule has 0 bridgehead atoms. The molecule has 0 aliphatic carbocycles. The Morgan fingerprint density at radius 1 is 1.03 bits per heavy atom. The summed E-state index contributed by atoms with van der Waals surface area (Å²) in [6.07, 6.45) is 3.76. The molecule has 0 spiro atoms. The van der Waals surface area contributed by atoms with E-state index in [1.165, 1.54) is 0 Å². The predicted octanol–water partition coefficient (Wildman–Crippen LogP) is 3.82. The second kappa shape index (κ2) is 7.96. The highest BCUT2D eigenvalue weighted by Crippen LogP contribution is 2.42. The fourth-order valence-electron chi connectivity index (χ4n) is 4.60. The van der Waals surface area contributed by atoms with Crippen molar-refractivity contribution in [3.63, 3.8) is 0 Å². The first-order chi connectivity index (χ1) is 15.6. The van der Waals surface area contributed by atoms with Crippen molar-refractivity contribution in [2.45, 2.75) is 25.6 Å². The largest absolute Gasteiger partial charge is 0.350 e. The lowest BCUT2D eigenvalue weighted by Gasteiger charge is -2.30. The Kier molecular flexibility index (Phi) is 4.98. The summed E-state index contributed by atoms with van der Waals surface area (Å²) in [5.74, 6) is -0.332. The van der Waals surface area contributed by atoms with E-state index < -0.39 is 6.04 Å². The Morgan fingerprint density at radius 2 is 1.78 bits per heavy atom. The molecule has 1 aliphatic rings. The van der Waals surface area contributed by atoms with Gasteiger partial charge in [0.25, 0.3) is 5.91 Å². The van der Waals surface area contributed by atoms with Gasteiger partial charge in [-0.2, -0.15) is 0 Å². The SMILES string of the molecule is C[C@H](C(=O)NCc1ccccn1)N1C(=O)c2ccccc2[C@H]1c1cn(C)c2ccccc12. The number of nitrogens with one attached hydrogen (secondary N) is 1. The zero-order chi connectivity index (χ0) is 22.2. The average Bonchev–Trinajstić information content (AvgIpc) is 3.32. The van der Waals surface area contributed by atoms with Crippen molar-refractivity contribution in [3.8, 4) is 0 Å². The molecule has 2 aromatic carbocycles. The van der Waals surface area contributed by atoms with E-state index in [2.05, 4.69) is 33.2 Å². The predicted molar refractivity (Wildman–Crippen MR) is 123 cm³/mol. The highest BCUT2D eigenvalue weighted by Gasteiger charge is 2.43. The van der Waals surface area contributed by atoms with E-state index in [4.69, 9.17) is 0 Å². The highest BCUT2D eigenvalue weighted by atomic mass is 16.2. The second-order valence-corrected chi connectivity index (χ2v) is 8.13. The third kappa shape index (κ3) is 3.24. The van der Waals surface area contributed by atoms with Gasteiger partial charge in [-0.3, -0.25) is 14.6 Å². The number of aryl methyl sites for hydroxylation is 1. The molecule has 3 heterocycles. The van der Waals surface area contributed by atoms with E-state index >= 15 is 0 Å². The molecule has 0 radical (unpaired) electrons. The van der Waals surface area contributed by atoms with Crippen molar-refractivity contribution in [2.24, 2.45) is 7.05 Å². The first-order valence-corrected chi connectivity index (χ1v) is 10.7. The van der Waals surface area contributed by atoms with Crippen LogP contribution in [0.5, 0.6) is 0 Å². The molecule has 6 nitrogen and oxygen atoms in total. The molecule has 0 saturated heterocycles. The molecule has 0 saturated carbocycles. The molecule has 32 heavy (non-hydrogen) atoms. The van der Waals surface area contributed by atoms with Crippen LogP contribution in [0.15, 0.2) is 79.1 Å². The van der Waals surface area contributed by atoms with Crippen molar-refractivity contribution in [3.05, 3.63) is 102 Å². The summed E-state index contributed by atoms with van der Waals surface area (Å²) in [4.78, 5) is 32.5. The first-order valence-electron chi connectivity index (χ1n) is 10.7. The van der Waals surface area contributed by atoms with Gasteiger partial charge in [0.15, 0.2) is 0 Å². The Balaban J connectivity index is 1.53. The van der Waals surface area contributed by atoms with E-state index in [0.717, 1.165) is 27.7 Å². The number of amides is 2. The van der Waals surface area contributed by atoms with Gasteiger partial charge >= 0.3 is 0 Å². The summed E-state index contributed by atoms with van der Waals surface area (Å²) < 4.78 is 2.07. The number of hydrogen-bond donors (Lipinski definition) is 1. The van der Waals surface area contributed by atoms with Gasteiger partial charge in [0.1, 0.15) is 6.04 Å². The van der Waals surface area contributed by atoms with Crippen LogP contribution in [-0.4, -0.2) is 32.3 Å². The number of nitrogens with zero attached hydrogens (tertiary/aromatic N) is 3. The number of carbonyl (C=O) groups is 2. The van der Waals surface area contributed by atoms with Crippen molar-refractivity contribution in [1.29, 1.82) is 0 Å². The lowest BCUT2D eigenvalue weighted by molar-refractivity contribution is -0.125. The number of fused-ring (bicyclic) bond motifs is 2. The minimum absolute atomic E-state index is 0.126. The van der Waals surface area contributed by atoms with Gasteiger partial charge in [0.2, 0.25) is 5.91 Å². The number of carbonyl (C=O) groups excluding carboxylic acids is 2. The molecule has 5 rings (SSSR count). The zero-order valence-electron chi connectivity index (χ0n) is 18.0. The lowest BCUT2D eigenvalue weighted by Crippen LogP contribution is -2.46. The molecule has 4 aromatic rings. The summed E-state index contributed by atoms with van der Waals surface area (Å²) >= 11 is 0. The highest BCUT2D eigenvalue weighted by molar-refractivity contribution is 6.03. The standard InChI is InChI=1S/C26H24N4O2/c1-17(25(31)28-15-18-9-7-8-14-27-18)30-24(20-11-3-4-12-21(20)26(30)32)22-16-29(2)23-13-6-5-10-19(22)23/h3-14,16-17,24H,15H2,1-2H3,(H,28,31)/t17-,24+/m1/s1. The van der Waals surface area contributed by atoms with Crippen LogP contribution in [0.3, 0.4) is 0 Å². The quantitative estimate of drug-likeness (QED) is 0.530. The molecule has 0 unspecified atom stereocenters. The molecule has 2 amide bonds. The van der Waals surface area contributed by atoms with Crippen LogP contribution in [0.25, 0.3) is 10.9 Å². The smallest absolute Gasteiger partial charge is 0.255 e. The van der Waals surface area contributed by atoms with Crippen molar-refractivity contribution in [2.75, 3.05) is 0 Å². The summed E-state index contributed by atoms with van der Waals surface area (Å²) in [6, 6.07) is 20.4. The maximum atomic E-state index is 13.5.